The largest absolute Gasteiger partial charge is 0.489 e. The van der Waals surface area contributed by atoms with Crippen LogP contribution in [0.2, 0.25) is 0 Å². The number of nitrogens with zero attached hydrogens (tertiary/aromatic N) is 1. The van der Waals surface area contributed by atoms with Crippen LogP contribution in [-0.2, 0) is 26.0 Å². The van der Waals surface area contributed by atoms with Crippen LogP contribution < -0.4 is 15.4 Å². The third-order valence-corrected chi connectivity index (χ3v) is 5.50. The van der Waals surface area contributed by atoms with Gasteiger partial charge in [0.2, 0.25) is 5.91 Å². The lowest BCUT2D eigenvalue weighted by molar-refractivity contribution is -0.137. The average Bonchev–Trinajstić information content (AvgIpc) is 3.05. The Labute approximate surface area is 200 Å². The highest BCUT2D eigenvalue weighted by Crippen LogP contribution is 2.36. The molecule has 1 saturated heterocycles. The van der Waals surface area contributed by atoms with Crippen LogP contribution in [0.25, 0.3) is 0 Å². The number of imide groups is 1. The van der Waals surface area contributed by atoms with Gasteiger partial charge in [-0.3, -0.25) is 14.5 Å². The fourth-order valence-electron chi connectivity index (χ4n) is 3.87. The second-order valence-corrected chi connectivity index (χ2v) is 7.94. The lowest BCUT2D eigenvalue weighted by Crippen LogP contribution is -2.44. The number of alkyl halides is 3. The van der Waals surface area contributed by atoms with Gasteiger partial charge < -0.3 is 20.1 Å². The zero-order chi connectivity index (χ0) is 25.6. The van der Waals surface area contributed by atoms with E-state index in [0.717, 1.165) is 23.1 Å². The Balaban J connectivity index is 1.82. The van der Waals surface area contributed by atoms with E-state index in [9.17, 15) is 27.6 Å². The second kappa shape index (κ2) is 10.8. The van der Waals surface area contributed by atoms with Crippen LogP contribution in [0, 0.1) is 0 Å². The molecule has 2 aromatic rings. The molecule has 35 heavy (non-hydrogen) atoms. The Hall–Kier alpha value is -3.60. The van der Waals surface area contributed by atoms with Crippen molar-refractivity contribution in [1.29, 1.82) is 0 Å². The van der Waals surface area contributed by atoms with Crippen molar-refractivity contribution in [2.75, 3.05) is 32.2 Å². The summed E-state index contributed by atoms with van der Waals surface area (Å²) in [5, 5.41) is 5.04. The summed E-state index contributed by atoms with van der Waals surface area (Å²) in [4.78, 5) is 39.5. The molecule has 0 saturated carbocycles. The highest BCUT2D eigenvalue weighted by molar-refractivity contribution is 6.10. The van der Waals surface area contributed by atoms with Gasteiger partial charge in [-0.15, -0.1) is 0 Å². The molecule has 0 bridgehead atoms. The summed E-state index contributed by atoms with van der Waals surface area (Å²) in [5.41, 5.74) is -1.98. The minimum absolute atomic E-state index is 0.00906. The standard InChI is InChI=1S/C24H26F3N3O5/c1-3-11-23(16-7-5-4-6-8-16)21(32)30(22(33)29-23)15-20(31)28-18-14-17(24(25,26)27)9-10-19(18)35-13-12-34-2/h4-10,14H,3,11-13,15H2,1-2H3,(H,28,31)(H,29,33). The summed E-state index contributed by atoms with van der Waals surface area (Å²) in [6.45, 7) is 1.39. The molecule has 3 rings (SSSR count). The van der Waals surface area contributed by atoms with Gasteiger partial charge in [0.25, 0.3) is 5.91 Å². The monoisotopic (exact) mass is 493 g/mol. The molecule has 8 nitrogen and oxygen atoms in total. The van der Waals surface area contributed by atoms with Gasteiger partial charge in [0.05, 0.1) is 17.9 Å². The van der Waals surface area contributed by atoms with Gasteiger partial charge >= 0.3 is 12.2 Å². The molecule has 1 heterocycles. The molecule has 2 N–H and O–H groups in total. The minimum Gasteiger partial charge on any atom is -0.489 e. The number of hydrogen-bond acceptors (Lipinski definition) is 5. The zero-order valence-electron chi connectivity index (χ0n) is 19.3. The van der Waals surface area contributed by atoms with Gasteiger partial charge in [-0.2, -0.15) is 13.2 Å². The number of anilines is 1. The molecule has 1 aliphatic rings. The molecule has 0 aliphatic carbocycles. The van der Waals surface area contributed by atoms with E-state index in [1.54, 1.807) is 30.3 Å². The Morgan fingerprint density at radius 3 is 2.46 bits per heavy atom. The normalized spacial score (nSPS) is 17.9. The highest BCUT2D eigenvalue weighted by Gasteiger charge is 2.52. The van der Waals surface area contributed by atoms with Gasteiger partial charge in [0, 0.05) is 7.11 Å². The van der Waals surface area contributed by atoms with Crippen LogP contribution in [0.5, 0.6) is 5.75 Å². The fraction of sp³-hybridized carbons (Fsp3) is 0.375. The van der Waals surface area contributed by atoms with Crippen LogP contribution in [0.3, 0.4) is 0 Å². The number of carbonyl (C=O) groups is 3. The number of benzene rings is 2. The minimum atomic E-state index is -4.65. The van der Waals surface area contributed by atoms with Crippen molar-refractivity contribution in [3.8, 4) is 5.75 Å². The van der Waals surface area contributed by atoms with E-state index >= 15 is 0 Å². The summed E-state index contributed by atoms with van der Waals surface area (Å²) in [6.07, 6.45) is -3.76. The van der Waals surface area contributed by atoms with Gasteiger partial charge in [-0.05, 0) is 30.2 Å². The molecule has 0 spiro atoms. The molecule has 2 aromatic carbocycles. The van der Waals surface area contributed by atoms with E-state index in [1.807, 2.05) is 6.92 Å². The van der Waals surface area contributed by atoms with Crippen LogP contribution >= 0.6 is 0 Å². The zero-order valence-corrected chi connectivity index (χ0v) is 19.3. The number of rotatable bonds is 10. The van der Waals surface area contributed by atoms with Crippen LogP contribution in [-0.4, -0.2) is 49.6 Å². The number of carbonyl (C=O) groups excluding carboxylic acids is 3. The fourth-order valence-corrected chi connectivity index (χ4v) is 3.87. The third kappa shape index (κ3) is 5.73. The maximum absolute atomic E-state index is 13.3. The summed E-state index contributed by atoms with van der Waals surface area (Å²) >= 11 is 0. The molecule has 1 fully saturated rings. The topological polar surface area (TPSA) is 97.0 Å². The number of nitrogens with one attached hydrogen (secondary N) is 2. The van der Waals surface area contributed by atoms with Crippen molar-refractivity contribution in [1.82, 2.24) is 10.2 Å². The van der Waals surface area contributed by atoms with E-state index in [0.29, 0.717) is 18.4 Å². The number of hydrogen-bond donors (Lipinski definition) is 2. The van der Waals surface area contributed by atoms with E-state index < -0.39 is 41.7 Å². The number of halogens is 3. The van der Waals surface area contributed by atoms with Gasteiger partial charge in [-0.25, -0.2) is 4.79 Å². The van der Waals surface area contributed by atoms with Crippen molar-refractivity contribution in [2.24, 2.45) is 0 Å². The predicted octanol–water partition coefficient (Wildman–Crippen LogP) is 3.92. The molecule has 0 aromatic heterocycles. The van der Waals surface area contributed by atoms with E-state index in [4.69, 9.17) is 9.47 Å². The van der Waals surface area contributed by atoms with Crippen LogP contribution in [0.15, 0.2) is 48.5 Å². The van der Waals surface area contributed by atoms with Crippen molar-refractivity contribution < 1.29 is 37.0 Å². The average molecular weight is 493 g/mol. The molecule has 0 radical (unpaired) electrons. The quantitative estimate of drug-likeness (QED) is 0.386. The molecule has 1 unspecified atom stereocenters. The van der Waals surface area contributed by atoms with Crippen molar-refractivity contribution in [3.63, 3.8) is 0 Å². The molecule has 1 aliphatic heterocycles. The highest BCUT2D eigenvalue weighted by atomic mass is 19.4. The maximum Gasteiger partial charge on any atom is 0.416 e. The first-order valence-corrected chi connectivity index (χ1v) is 10.9. The van der Waals surface area contributed by atoms with Crippen molar-refractivity contribution >= 4 is 23.5 Å². The SMILES string of the molecule is CCCC1(c2ccccc2)NC(=O)N(CC(=O)Nc2cc(C(F)(F)F)ccc2OCCOC)C1=O. The second-order valence-electron chi connectivity index (χ2n) is 7.94. The number of ether oxygens (including phenoxy) is 2. The lowest BCUT2D eigenvalue weighted by atomic mass is 9.85. The van der Waals surface area contributed by atoms with E-state index in [2.05, 4.69) is 10.6 Å². The molecular weight excluding hydrogens is 467 g/mol. The number of amides is 4. The summed E-state index contributed by atoms with van der Waals surface area (Å²) in [5.74, 6) is -1.47. The molecule has 1 atom stereocenters. The summed E-state index contributed by atoms with van der Waals surface area (Å²) in [6, 6.07) is 10.6. The van der Waals surface area contributed by atoms with Crippen LogP contribution in [0.1, 0.15) is 30.9 Å². The smallest absolute Gasteiger partial charge is 0.416 e. The number of urea groups is 1. The van der Waals surface area contributed by atoms with Gasteiger partial charge in [-0.1, -0.05) is 43.7 Å². The Kier molecular flexibility index (Phi) is 8.00. The molecule has 11 heteroatoms. The summed E-state index contributed by atoms with van der Waals surface area (Å²) in [7, 11) is 1.44. The van der Waals surface area contributed by atoms with Crippen LogP contribution in [0.4, 0.5) is 23.7 Å². The lowest BCUT2D eigenvalue weighted by Gasteiger charge is -2.26. The predicted molar refractivity (Wildman–Crippen MR) is 121 cm³/mol. The van der Waals surface area contributed by atoms with E-state index in [-0.39, 0.29) is 24.7 Å². The molecular formula is C24H26F3N3O5. The Morgan fingerprint density at radius 2 is 1.83 bits per heavy atom. The Bertz CT molecular complexity index is 1080. The molecule has 4 amide bonds. The Morgan fingerprint density at radius 1 is 1.11 bits per heavy atom. The first-order valence-electron chi connectivity index (χ1n) is 10.9. The molecule has 188 valence electrons. The number of methoxy groups -OCH3 is 1. The van der Waals surface area contributed by atoms with Gasteiger partial charge in [0.15, 0.2) is 0 Å². The van der Waals surface area contributed by atoms with Crippen molar-refractivity contribution in [2.45, 2.75) is 31.5 Å². The summed E-state index contributed by atoms with van der Waals surface area (Å²) < 4.78 is 49.9. The van der Waals surface area contributed by atoms with E-state index in [1.165, 1.54) is 7.11 Å². The maximum atomic E-state index is 13.3. The first kappa shape index (κ1) is 26.0. The van der Waals surface area contributed by atoms with Crippen molar-refractivity contribution in [3.05, 3.63) is 59.7 Å². The van der Waals surface area contributed by atoms with Gasteiger partial charge in [0.1, 0.15) is 24.4 Å². The first-order chi connectivity index (χ1) is 16.6. The third-order valence-electron chi connectivity index (χ3n) is 5.50.